The van der Waals surface area contributed by atoms with Crippen LogP contribution in [0, 0.1) is 0 Å². The number of hydrogen-bond acceptors (Lipinski definition) is 14. The molecule has 8 rings (SSSR count). The van der Waals surface area contributed by atoms with Crippen LogP contribution in [0.1, 0.15) is 122 Å². The van der Waals surface area contributed by atoms with Crippen molar-refractivity contribution in [3.8, 4) is 46.0 Å². The van der Waals surface area contributed by atoms with Gasteiger partial charge >= 0.3 is 0 Å². The van der Waals surface area contributed by atoms with Crippen LogP contribution < -0.4 is 37.9 Å². The summed E-state index contributed by atoms with van der Waals surface area (Å²) >= 11 is 0. The van der Waals surface area contributed by atoms with Gasteiger partial charge < -0.3 is 66.3 Å². The highest BCUT2D eigenvalue weighted by Gasteiger charge is 2.34. The highest BCUT2D eigenvalue weighted by molar-refractivity contribution is 5.63. The van der Waals surface area contributed by atoms with Crippen molar-refractivity contribution in [2.45, 2.75) is 77.0 Å². The average molecular weight is 973 g/mol. The monoisotopic (exact) mass is 973 g/mol. The molecule has 4 aromatic carbocycles. The van der Waals surface area contributed by atoms with Crippen LogP contribution in [0.2, 0.25) is 0 Å². The van der Waals surface area contributed by atoms with E-state index in [4.69, 9.17) is 66.3 Å². The molecule has 4 aliphatic rings. The molecule has 4 aromatic rings. The molecule has 3 heterocycles. The molecule has 3 aliphatic heterocycles. The fraction of sp³-hybridized carbons (Fsp3) is 0.571. The van der Waals surface area contributed by atoms with Crippen LogP contribution in [0.3, 0.4) is 0 Å². The lowest BCUT2D eigenvalue weighted by atomic mass is 9.77. The van der Waals surface area contributed by atoms with E-state index < -0.39 is 0 Å². The van der Waals surface area contributed by atoms with Crippen molar-refractivity contribution in [3.63, 3.8) is 0 Å². The van der Waals surface area contributed by atoms with Gasteiger partial charge in [-0.3, -0.25) is 0 Å². The maximum absolute atomic E-state index is 6.75. The van der Waals surface area contributed by atoms with E-state index in [0.29, 0.717) is 152 Å². The van der Waals surface area contributed by atoms with E-state index in [2.05, 4.69) is 52.0 Å². The van der Waals surface area contributed by atoms with E-state index in [0.717, 1.165) is 70.2 Å². The van der Waals surface area contributed by atoms with Crippen molar-refractivity contribution in [3.05, 3.63) is 93.0 Å². The zero-order valence-corrected chi connectivity index (χ0v) is 42.8. The molecule has 70 heavy (non-hydrogen) atoms. The minimum Gasteiger partial charge on any atom is -0.496 e. The predicted molar refractivity (Wildman–Crippen MR) is 267 cm³/mol. The van der Waals surface area contributed by atoms with E-state index >= 15 is 0 Å². The molecule has 0 saturated carbocycles. The second-order valence-electron chi connectivity index (χ2n) is 17.4. The molecule has 0 amide bonds. The Morgan fingerprint density at radius 1 is 0.286 bits per heavy atom. The summed E-state index contributed by atoms with van der Waals surface area (Å²) in [5, 5.41) is 0. The maximum atomic E-state index is 6.75. The van der Waals surface area contributed by atoms with E-state index in [1.807, 2.05) is 24.3 Å². The van der Waals surface area contributed by atoms with E-state index in [9.17, 15) is 0 Å². The summed E-state index contributed by atoms with van der Waals surface area (Å²) in [5.41, 5.74) is 8.00. The lowest BCUT2D eigenvalue weighted by molar-refractivity contribution is 0.00483. The van der Waals surface area contributed by atoms with Crippen LogP contribution in [-0.4, -0.2) is 134 Å². The van der Waals surface area contributed by atoms with E-state index in [1.54, 1.807) is 28.4 Å². The molecule has 0 fully saturated rings. The molecule has 0 spiro atoms. The average Bonchev–Trinajstić information content (AvgIpc) is 3.38. The third kappa shape index (κ3) is 12.6. The summed E-state index contributed by atoms with van der Waals surface area (Å²) in [4.78, 5) is 0. The number of methoxy groups -OCH3 is 4. The summed E-state index contributed by atoms with van der Waals surface area (Å²) < 4.78 is 88.0. The molecule has 0 saturated heterocycles. The molecule has 0 unspecified atom stereocenters. The molecule has 4 atom stereocenters. The van der Waals surface area contributed by atoms with Crippen LogP contribution in [0.25, 0.3) is 0 Å². The van der Waals surface area contributed by atoms with Crippen molar-refractivity contribution >= 4 is 0 Å². The van der Waals surface area contributed by atoms with Gasteiger partial charge in [-0.15, -0.1) is 0 Å². The Bertz CT molecular complexity index is 2090. The topological polar surface area (TPSA) is 129 Å². The first-order chi connectivity index (χ1) is 34.4. The molecule has 1 aliphatic carbocycles. The standard InChI is InChI=1S/C56H76O14/c1-9-37-41-29-47-40(12-4)44-32-46-38(10-2)42-30-48(56(34-50(42)58-6)70-28-24-66-20-16-62-14-18-64-22-26-68-54(46)36-52(44)60-8)39(11-3)43-31-45(37)53(35-51(43)59-7)67-25-21-63-17-13-61-15-19-65-23-27-69-55(47)33-49(41)57-5/h29-40H,9-28H2,1-8H3/t37-,38-,39-,40-/m0/s1. The lowest BCUT2D eigenvalue weighted by Crippen LogP contribution is -2.18. The molecule has 0 radical (unpaired) electrons. The molecule has 0 aromatic heterocycles. The first-order valence-electron chi connectivity index (χ1n) is 25.3. The predicted octanol–water partition coefficient (Wildman–Crippen LogP) is 9.84. The van der Waals surface area contributed by atoms with Crippen LogP contribution in [0.5, 0.6) is 46.0 Å². The van der Waals surface area contributed by atoms with E-state index in [1.165, 1.54) is 0 Å². The van der Waals surface area contributed by atoms with Gasteiger partial charge in [0.05, 0.1) is 108 Å². The summed E-state index contributed by atoms with van der Waals surface area (Å²) in [5.74, 6) is 4.86. The molecular weight excluding hydrogens is 897 g/mol. The number of benzene rings is 4. The molecular formula is C56H76O14. The minimum atomic E-state index is -0.196. The van der Waals surface area contributed by atoms with Gasteiger partial charge in [0.15, 0.2) is 0 Å². The Labute approximate surface area is 415 Å². The Kier molecular flexibility index (Phi) is 20.4. The Hall–Kier alpha value is -4.96. The zero-order chi connectivity index (χ0) is 49.2. The summed E-state index contributed by atoms with van der Waals surface area (Å²) in [6.45, 7) is 15.1. The van der Waals surface area contributed by atoms with Gasteiger partial charge in [-0.2, -0.15) is 0 Å². The SMILES string of the molecule is CC[C@H]1c2cc3c(cc2OC)OCCOCCOCCOCCOc2cc(OC)c(cc21)[C@H](CC)c1cc2c(OC)cc1OCCOCCOCCOCCOc1cc(OC)c(cc1[C@H]2CC)[C@@H]3CC. The van der Waals surface area contributed by atoms with E-state index in [-0.39, 0.29) is 23.7 Å². The number of fused-ring (bicyclic) bond motifs is 15. The Morgan fingerprint density at radius 3 is 0.643 bits per heavy atom. The van der Waals surface area contributed by atoms with Gasteiger partial charge in [0, 0.05) is 92.4 Å². The number of ether oxygens (including phenoxy) is 14. The number of hydrogen-bond donors (Lipinski definition) is 0. The first-order valence-corrected chi connectivity index (χ1v) is 25.3. The third-order valence-corrected chi connectivity index (χ3v) is 13.5. The molecule has 384 valence electrons. The van der Waals surface area contributed by atoms with Crippen molar-refractivity contribution in [2.24, 2.45) is 0 Å². The second kappa shape index (κ2) is 27.0. The highest BCUT2D eigenvalue weighted by atomic mass is 16.6. The Balaban J connectivity index is 1.58. The van der Waals surface area contributed by atoms with Gasteiger partial charge in [-0.1, -0.05) is 27.7 Å². The molecule has 0 N–H and O–H groups in total. The fourth-order valence-corrected chi connectivity index (χ4v) is 10.1. The first kappa shape index (κ1) is 52.9. The second-order valence-corrected chi connectivity index (χ2v) is 17.4. The van der Waals surface area contributed by atoms with Crippen LogP contribution in [-0.2, 0) is 28.4 Å². The van der Waals surface area contributed by atoms with Gasteiger partial charge in [-0.05, 0) is 49.9 Å². The quantitative estimate of drug-likeness (QED) is 0.155. The smallest absolute Gasteiger partial charge is 0.126 e. The summed E-state index contributed by atoms with van der Waals surface area (Å²) in [7, 11) is 6.88. The maximum Gasteiger partial charge on any atom is 0.126 e. The minimum absolute atomic E-state index is 0.191. The van der Waals surface area contributed by atoms with Crippen molar-refractivity contribution < 1.29 is 66.3 Å². The van der Waals surface area contributed by atoms with Crippen molar-refractivity contribution in [2.75, 3.05) is 134 Å². The van der Waals surface area contributed by atoms with Gasteiger partial charge in [0.1, 0.15) is 72.4 Å². The fourth-order valence-electron chi connectivity index (χ4n) is 10.1. The summed E-state index contributed by atoms with van der Waals surface area (Å²) in [6.07, 6.45) is 2.89. The largest absolute Gasteiger partial charge is 0.496 e. The van der Waals surface area contributed by atoms with Gasteiger partial charge in [0.2, 0.25) is 0 Å². The van der Waals surface area contributed by atoms with Crippen LogP contribution in [0.15, 0.2) is 48.5 Å². The zero-order valence-electron chi connectivity index (χ0n) is 42.8. The van der Waals surface area contributed by atoms with Gasteiger partial charge in [-0.25, -0.2) is 0 Å². The molecule has 14 nitrogen and oxygen atoms in total. The number of rotatable bonds is 8. The molecule has 14 heteroatoms. The Morgan fingerprint density at radius 2 is 0.471 bits per heavy atom. The lowest BCUT2D eigenvalue weighted by Gasteiger charge is -2.31. The van der Waals surface area contributed by atoms with Crippen molar-refractivity contribution in [1.82, 2.24) is 0 Å². The third-order valence-electron chi connectivity index (χ3n) is 13.5. The highest BCUT2D eigenvalue weighted by Crippen LogP contribution is 2.52. The summed E-state index contributed by atoms with van der Waals surface area (Å²) in [6, 6.07) is 17.3. The van der Waals surface area contributed by atoms with Gasteiger partial charge in [0.25, 0.3) is 0 Å². The van der Waals surface area contributed by atoms with Crippen LogP contribution in [0.4, 0.5) is 0 Å². The molecule has 10 bridgehead atoms. The van der Waals surface area contributed by atoms with Crippen LogP contribution >= 0.6 is 0 Å². The normalized spacial score (nSPS) is 21.1. The van der Waals surface area contributed by atoms with Crippen molar-refractivity contribution in [1.29, 1.82) is 0 Å².